The predicted molar refractivity (Wildman–Crippen MR) is 50.1 cm³/mol. The Kier molecular flexibility index (Phi) is 2.06. The van der Waals surface area contributed by atoms with Crippen molar-refractivity contribution in [2.45, 2.75) is 6.54 Å². The summed E-state index contributed by atoms with van der Waals surface area (Å²) in [6.07, 6.45) is 1.40. The molecule has 0 fully saturated rings. The molecular weight excluding hydrogens is 182 g/mol. The molecule has 0 aliphatic heterocycles. The molecule has 0 amide bonds. The lowest BCUT2D eigenvalue weighted by atomic mass is 10.2. The molecule has 14 heavy (non-hydrogen) atoms. The number of hydrogen-bond donors (Lipinski definition) is 2. The Labute approximate surface area is 79.6 Å². The minimum absolute atomic E-state index is 0.181. The number of nitrogens with zero attached hydrogens (tertiary/aromatic N) is 2. The fraction of sp³-hybridized carbons (Fsp3) is 0.111. The van der Waals surface area contributed by atoms with Crippen molar-refractivity contribution < 1.29 is 5.11 Å². The molecule has 0 bridgehead atoms. The summed E-state index contributed by atoms with van der Waals surface area (Å²) in [6, 6.07) is 6.88. The van der Waals surface area contributed by atoms with Crippen molar-refractivity contribution in [3.63, 3.8) is 0 Å². The lowest BCUT2D eigenvalue weighted by molar-refractivity contribution is 0.465. The highest BCUT2D eigenvalue weighted by Gasteiger charge is 2.02. The second kappa shape index (κ2) is 3.37. The van der Waals surface area contributed by atoms with Gasteiger partial charge in [-0.3, -0.25) is 4.57 Å². The Morgan fingerprint density at radius 1 is 1.43 bits per heavy atom. The van der Waals surface area contributed by atoms with Gasteiger partial charge in [-0.25, -0.2) is 9.89 Å². The van der Waals surface area contributed by atoms with Crippen LogP contribution in [0.25, 0.3) is 0 Å². The molecule has 0 aliphatic carbocycles. The highest BCUT2D eigenvalue weighted by atomic mass is 16.3. The van der Waals surface area contributed by atoms with Gasteiger partial charge in [0.05, 0.1) is 6.54 Å². The molecule has 0 radical (unpaired) electrons. The van der Waals surface area contributed by atoms with Crippen molar-refractivity contribution in [2.75, 3.05) is 0 Å². The minimum Gasteiger partial charge on any atom is -0.508 e. The molecule has 5 heteroatoms. The molecule has 72 valence electrons. The van der Waals surface area contributed by atoms with Gasteiger partial charge in [-0.05, 0) is 6.07 Å². The van der Waals surface area contributed by atoms with Gasteiger partial charge >= 0.3 is 5.69 Å². The van der Waals surface area contributed by atoms with Crippen molar-refractivity contribution in [3.05, 3.63) is 46.6 Å². The molecular formula is C9H9N3O2. The molecule has 0 atom stereocenters. The second-order valence-corrected chi connectivity index (χ2v) is 2.92. The molecule has 1 heterocycles. The number of hydrogen-bond acceptors (Lipinski definition) is 3. The Morgan fingerprint density at radius 3 is 2.86 bits per heavy atom. The highest BCUT2D eigenvalue weighted by molar-refractivity contribution is 5.31. The first-order valence-corrected chi connectivity index (χ1v) is 4.14. The number of para-hydroxylation sites is 1. The number of benzene rings is 1. The summed E-state index contributed by atoms with van der Waals surface area (Å²) in [6.45, 7) is 0.321. The summed E-state index contributed by atoms with van der Waals surface area (Å²) in [5, 5.41) is 15.3. The van der Waals surface area contributed by atoms with E-state index in [1.54, 1.807) is 24.3 Å². The van der Waals surface area contributed by atoms with Crippen molar-refractivity contribution in [1.29, 1.82) is 0 Å². The quantitative estimate of drug-likeness (QED) is 0.718. The number of rotatable bonds is 2. The number of aromatic hydroxyl groups is 1. The van der Waals surface area contributed by atoms with E-state index in [9.17, 15) is 9.90 Å². The SMILES string of the molecule is O=c1[nH]ncn1Cc1ccccc1O. The van der Waals surface area contributed by atoms with Crippen LogP contribution < -0.4 is 5.69 Å². The fourth-order valence-corrected chi connectivity index (χ4v) is 1.21. The van der Waals surface area contributed by atoms with E-state index >= 15 is 0 Å². The summed E-state index contributed by atoms with van der Waals surface area (Å²) in [5.74, 6) is 0.181. The Bertz CT molecular complexity index is 487. The molecule has 0 saturated carbocycles. The zero-order chi connectivity index (χ0) is 9.97. The number of aromatic nitrogens is 3. The van der Waals surface area contributed by atoms with Crippen LogP contribution in [-0.2, 0) is 6.54 Å². The van der Waals surface area contributed by atoms with E-state index in [-0.39, 0.29) is 11.4 Å². The van der Waals surface area contributed by atoms with E-state index < -0.39 is 0 Å². The molecule has 0 unspecified atom stereocenters. The van der Waals surface area contributed by atoms with E-state index in [1.165, 1.54) is 10.9 Å². The molecule has 2 N–H and O–H groups in total. The first-order chi connectivity index (χ1) is 6.77. The van der Waals surface area contributed by atoms with E-state index in [2.05, 4.69) is 10.2 Å². The van der Waals surface area contributed by atoms with Gasteiger partial charge < -0.3 is 5.11 Å². The van der Waals surface area contributed by atoms with Gasteiger partial charge in [-0.1, -0.05) is 18.2 Å². The van der Waals surface area contributed by atoms with Gasteiger partial charge in [0.2, 0.25) is 0 Å². The van der Waals surface area contributed by atoms with Crippen LogP contribution in [0.5, 0.6) is 5.75 Å². The summed E-state index contributed by atoms with van der Waals surface area (Å²) >= 11 is 0. The average Bonchev–Trinajstić information content (AvgIpc) is 2.56. The normalized spacial score (nSPS) is 10.3. The molecule has 1 aromatic heterocycles. The van der Waals surface area contributed by atoms with Gasteiger partial charge in [0.1, 0.15) is 12.1 Å². The maximum absolute atomic E-state index is 11.1. The number of nitrogens with one attached hydrogen (secondary N) is 1. The standard InChI is InChI=1S/C9H9N3O2/c13-8-4-2-1-3-7(8)5-12-6-10-11-9(12)14/h1-4,6,13H,5H2,(H,11,14). The van der Waals surface area contributed by atoms with Crippen LogP contribution in [0.1, 0.15) is 5.56 Å². The van der Waals surface area contributed by atoms with E-state index in [0.717, 1.165) is 0 Å². The van der Waals surface area contributed by atoms with Gasteiger partial charge in [0, 0.05) is 5.56 Å². The van der Waals surface area contributed by atoms with Gasteiger partial charge in [-0.2, -0.15) is 5.10 Å². The zero-order valence-electron chi connectivity index (χ0n) is 7.34. The molecule has 1 aromatic carbocycles. The zero-order valence-corrected chi connectivity index (χ0v) is 7.34. The first-order valence-electron chi connectivity index (χ1n) is 4.14. The Morgan fingerprint density at radius 2 is 2.21 bits per heavy atom. The lowest BCUT2D eigenvalue weighted by Gasteiger charge is -2.02. The predicted octanol–water partition coefficient (Wildman–Crippen LogP) is 0.325. The Balaban J connectivity index is 2.32. The second-order valence-electron chi connectivity index (χ2n) is 2.92. The van der Waals surface area contributed by atoms with Crippen LogP contribution in [0.2, 0.25) is 0 Å². The summed E-state index contributed by atoms with van der Waals surface area (Å²) < 4.78 is 1.38. The first kappa shape index (κ1) is 8.55. The molecule has 0 aliphatic rings. The number of H-pyrrole nitrogens is 1. The molecule has 5 nitrogen and oxygen atoms in total. The monoisotopic (exact) mass is 191 g/mol. The highest BCUT2D eigenvalue weighted by Crippen LogP contribution is 2.15. The molecule has 0 spiro atoms. The smallest absolute Gasteiger partial charge is 0.343 e. The van der Waals surface area contributed by atoms with Crippen LogP contribution in [0.3, 0.4) is 0 Å². The fourth-order valence-electron chi connectivity index (χ4n) is 1.21. The average molecular weight is 191 g/mol. The summed E-state index contributed by atoms with van der Waals surface area (Å²) in [5.41, 5.74) is 0.407. The summed E-state index contributed by atoms with van der Waals surface area (Å²) in [7, 11) is 0. The van der Waals surface area contributed by atoms with Gasteiger partial charge in [-0.15, -0.1) is 0 Å². The topological polar surface area (TPSA) is 70.9 Å². The largest absolute Gasteiger partial charge is 0.508 e. The number of phenolic OH excluding ortho intramolecular Hbond substituents is 1. The lowest BCUT2D eigenvalue weighted by Crippen LogP contribution is -2.16. The van der Waals surface area contributed by atoms with Crippen molar-refractivity contribution >= 4 is 0 Å². The number of phenols is 1. The Hall–Kier alpha value is -2.04. The molecule has 2 rings (SSSR count). The van der Waals surface area contributed by atoms with Crippen molar-refractivity contribution in [2.24, 2.45) is 0 Å². The molecule has 0 saturated heterocycles. The maximum Gasteiger partial charge on any atom is 0.343 e. The third kappa shape index (κ3) is 1.52. The third-order valence-electron chi connectivity index (χ3n) is 1.95. The van der Waals surface area contributed by atoms with Gasteiger partial charge in [0.15, 0.2) is 0 Å². The van der Waals surface area contributed by atoms with Gasteiger partial charge in [0.25, 0.3) is 0 Å². The van der Waals surface area contributed by atoms with Crippen LogP contribution >= 0.6 is 0 Å². The van der Waals surface area contributed by atoms with E-state index in [0.29, 0.717) is 12.1 Å². The van der Waals surface area contributed by atoms with Crippen molar-refractivity contribution in [3.8, 4) is 5.75 Å². The van der Waals surface area contributed by atoms with Crippen LogP contribution in [0, 0.1) is 0 Å². The van der Waals surface area contributed by atoms with Crippen molar-refractivity contribution in [1.82, 2.24) is 14.8 Å². The third-order valence-corrected chi connectivity index (χ3v) is 1.95. The molecule has 2 aromatic rings. The summed E-state index contributed by atoms with van der Waals surface area (Å²) in [4.78, 5) is 11.1. The van der Waals surface area contributed by atoms with E-state index in [4.69, 9.17) is 0 Å². The van der Waals surface area contributed by atoms with Crippen LogP contribution in [-0.4, -0.2) is 19.9 Å². The number of aromatic amines is 1. The van der Waals surface area contributed by atoms with E-state index in [1.807, 2.05) is 0 Å². The minimum atomic E-state index is -0.284. The van der Waals surface area contributed by atoms with Crippen LogP contribution in [0.15, 0.2) is 35.4 Å². The van der Waals surface area contributed by atoms with Crippen LogP contribution in [0.4, 0.5) is 0 Å². The maximum atomic E-state index is 11.1.